The van der Waals surface area contributed by atoms with Crippen LogP contribution in [0, 0.1) is 12.8 Å². The van der Waals surface area contributed by atoms with Gasteiger partial charge in [-0.1, -0.05) is 61.9 Å². The number of carbonyl (C=O) groups is 1. The molecule has 0 bridgehead atoms. The maximum absolute atomic E-state index is 13.4. The van der Waals surface area contributed by atoms with Gasteiger partial charge in [-0.2, -0.15) is 0 Å². The zero-order valence-electron chi connectivity index (χ0n) is 19.4. The highest BCUT2D eigenvalue weighted by Crippen LogP contribution is 2.31. The number of aromatic nitrogens is 2. The van der Waals surface area contributed by atoms with Crippen molar-refractivity contribution >= 4 is 15.7 Å². The third-order valence-corrected chi connectivity index (χ3v) is 7.36. The van der Waals surface area contributed by atoms with Crippen LogP contribution in [-0.4, -0.2) is 34.8 Å². The Labute approximate surface area is 196 Å². The Morgan fingerprint density at radius 3 is 2.48 bits per heavy atom. The van der Waals surface area contributed by atoms with Crippen LogP contribution in [0.4, 0.5) is 0 Å². The highest BCUT2D eigenvalue weighted by atomic mass is 32.2. The number of hydrogen-bond donors (Lipinski definition) is 0. The summed E-state index contributed by atoms with van der Waals surface area (Å²) in [6.07, 6.45) is 3.56. The number of nitrogens with zero attached hydrogens (tertiary/aromatic N) is 3. The summed E-state index contributed by atoms with van der Waals surface area (Å²) in [6.45, 7) is 6.92. The van der Waals surface area contributed by atoms with Gasteiger partial charge in [0.2, 0.25) is 15.0 Å². The molecule has 3 aromatic rings. The molecule has 33 heavy (non-hydrogen) atoms. The van der Waals surface area contributed by atoms with E-state index in [-0.39, 0.29) is 28.8 Å². The van der Waals surface area contributed by atoms with Gasteiger partial charge >= 0.3 is 0 Å². The van der Waals surface area contributed by atoms with E-state index in [1.807, 2.05) is 66.4 Å². The summed E-state index contributed by atoms with van der Waals surface area (Å²) in [7, 11) is -3.65. The van der Waals surface area contributed by atoms with Gasteiger partial charge in [-0.15, -0.1) is 0 Å². The molecule has 0 unspecified atom stereocenters. The van der Waals surface area contributed by atoms with Crippen molar-refractivity contribution in [3.8, 4) is 0 Å². The fraction of sp³-hybridized carbons (Fsp3) is 0.385. The van der Waals surface area contributed by atoms with Crippen LogP contribution in [-0.2, 0) is 28.7 Å². The molecule has 2 aromatic carbocycles. The molecule has 0 radical (unpaired) electrons. The van der Waals surface area contributed by atoms with E-state index in [0.717, 1.165) is 29.7 Å². The minimum absolute atomic E-state index is 0.0282. The summed E-state index contributed by atoms with van der Waals surface area (Å²) in [5.41, 5.74) is 3.16. The first kappa shape index (κ1) is 23.2. The van der Waals surface area contributed by atoms with E-state index in [1.165, 1.54) is 0 Å². The van der Waals surface area contributed by atoms with Gasteiger partial charge < -0.3 is 9.47 Å². The van der Waals surface area contributed by atoms with Gasteiger partial charge in [0.1, 0.15) is 0 Å². The molecule has 1 aliphatic carbocycles. The monoisotopic (exact) mass is 465 g/mol. The van der Waals surface area contributed by atoms with Gasteiger partial charge in [-0.05, 0) is 43.4 Å². The van der Waals surface area contributed by atoms with Crippen molar-refractivity contribution in [3.05, 3.63) is 83.2 Å². The lowest BCUT2D eigenvalue weighted by Crippen LogP contribution is -2.33. The van der Waals surface area contributed by atoms with Crippen LogP contribution < -0.4 is 0 Å². The van der Waals surface area contributed by atoms with E-state index in [2.05, 4.69) is 18.8 Å². The molecule has 0 spiro atoms. The normalized spacial score (nSPS) is 13.9. The third kappa shape index (κ3) is 5.53. The second kappa shape index (κ2) is 9.51. The topological polar surface area (TPSA) is 72.3 Å². The molecule has 1 fully saturated rings. The Hall–Kier alpha value is -2.93. The summed E-state index contributed by atoms with van der Waals surface area (Å²) in [5.74, 6) is 0.100. The molecule has 0 atom stereocenters. The summed E-state index contributed by atoms with van der Waals surface area (Å²) in [6, 6.07) is 17.0. The number of aryl methyl sites for hydroxylation is 1. The lowest BCUT2D eigenvalue weighted by Gasteiger charge is -2.24. The predicted octanol–water partition coefficient (Wildman–Crippen LogP) is 4.63. The van der Waals surface area contributed by atoms with E-state index in [4.69, 9.17) is 0 Å². The molecule has 174 valence electrons. The molecule has 1 amide bonds. The van der Waals surface area contributed by atoms with Crippen molar-refractivity contribution in [2.45, 2.75) is 63.7 Å². The SMILES string of the molecule is Cc1cccc(CS(=O)(=O)c2ncc(CN(C(=O)c3ccccc3)C3CC3)n2CC(C)C)c1. The second-order valence-electron chi connectivity index (χ2n) is 9.31. The number of hydrogen-bond acceptors (Lipinski definition) is 4. The lowest BCUT2D eigenvalue weighted by atomic mass is 10.2. The maximum Gasteiger partial charge on any atom is 0.254 e. The molecular weight excluding hydrogens is 434 g/mol. The zero-order valence-corrected chi connectivity index (χ0v) is 20.3. The second-order valence-corrected chi connectivity index (χ2v) is 11.2. The highest BCUT2D eigenvalue weighted by Gasteiger charge is 2.34. The number of imidazole rings is 1. The average molecular weight is 466 g/mol. The summed E-state index contributed by atoms with van der Waals surface area (Å²) < 4.78 is 28.5. The number of carbonyl (C=O) groups excluding carboxylic acids is 1. The molecule has 4 rings (SSSR count). The molecule has 1 aromatic heterocycles. The first-order valence-electron chi connectivity index (χ1n) is 11.4. The van der Waals surface area contributed by atoms with Gasteiger partial charge in [-0.3, -0.25) is 4.79 Å². The molecule has 1 heterocycles. The Morgan fingerprint density at radius 2 is 1.85 bits per heavy atom. The Bertz CT molecular complexity index is 1230. The van der Waals surface area contributed by atoms with Crippen LogP contribution in [0.25, 0.3) is 0 Å². The Balaban J connectivity index is 1.65. The van der Waals surface area contributed by atoms with Crippen LogP contribution in [0.3, 0.4) is 0 Å². The van der Waals surface area contributed by atoms with Crippen molar-refractivity contribution in [2.24, 2.45) is 5.92 Å². The lowest BCUT2D eigenvalue weighted by molar-refractivity contribution is 0.0725. The van der Waals surface area contributed by atoms with E-state index in [0.29, 0.717) is 18.7 Å². The fourth-order valence-electron chi connectivity index (χ4n) is 4.09. The summed E-state index contributed by atoms with van der Waals surface area (Å²) >= 11 is 0. The summed E-state index contributed by atoms with van der Waals surface area (Å²) in [5, 5.41) is 0.0793. The van der Waals surface area contributed by atoms with Crippen LogP contribution in [0.15, 0.2) is 66.0 Å². The fourth-order valence-corrected chi connectivity index (χ4v) is 5.58. The molecular formula is C26H31N3O3S. The predicted molar refractivity (Wildman–Crippen MR) is 128 cm³/mol. The Kier molecular flexibility index (Phi) is 6.70. The van der Waals surface area contributed by atoms with Gasteiger partial charge in [0, 0.05) is 18.2 Å². The minimum atomic E-state index is -3.65. The smallest absolute Gasteiger partial charge is 0.254 e. The van der Waals surface area contributed by atoms with Crippen LogP contribution >= 0.6 is 0 Å². The number of amides is 1. The van der Waals surface area contributed by atoms with Crippen LogP contribution in [0.5, 0.6) is 0 Å². The van der Waals surface area contributed by atoms with Gasteiger partial charge in [0.05, 0.1) is 24.2 Å². The van der Waals surface area contributed by atoms with Crippen molar-refractivity contribution in [3.63, 3.8) is 0 Å². The van der Waals surface area contributed by atoms with E-state index in [1.54, 1.807) is 10.8 Å². The molecule has 1 saturated carbocycles. The molecule has 0 saturated heterocycles. The average Bonchev–Trinajstić information content (AvgIpc) is 3.53. The maximum atomic E-state index is 13.4. The standard InChI is InChI=1S/C26H31N3O3S/c1-19(2)16-29-24(17-28(23-12-13-23)25(30)22-10-5-4-6-11-22)15-27-26(29)33(31,32)18-21-9-7-8-20(3)14-21/h4-11,14-15,19,23H,12-13,16-18H2,1-3H3. The first-order valence-corrected chi connectivity index (χ1v) is 13.1. The first-order chi connectivity index (χ1) is 15.7. The largest absolute Gasteiger partial charge is 0.330 e. The number of benzene rings is 2. The summed E-state index contributed by atoms with van der Waals surface area (Å²) in [4.78, 5) is 19.4. The molecule has 0 aliphatic heterocycles. The highest BCUT2D eigenvalue weighted by molar-refractivity contribution is 7.90. The molecule has 7 heteroatoms. The van der Waals surface area contributed by atoms with Crippen molar-refractivity contribution in [1.29, 1.82) is 0 Å². The van der Waals surface area contributed by atoms with Gasteiger partial charge in [-0.25, -0.2) is 13.4 Å². The molecule has 0 N–H and O–H groups in total. The van der Waals surface area contributed by atoms with Gasteiger partial charge in [0.25, 0.3) is 5.91 Å². The quantitative estimate of drug-likeness (QED) is 0.462. The molecule has 1 aliphatic rings. The van der Waals surface area contributed by atoms with Crippen molar-refractivity contribution in [2.75, 3.05) is 0 Å². The van der Waals surface area contributed by atoms with Gasteiger partial charge in [0.15, 0.2) is 0 Å². The number of rotatable bonds is 9. The van der Waals surface area contributed by atoms with Crippen molar-refractivity contribution < 1.29 is 13.2 Å². The van der Waals surface area contributed by atoms with E-state index < -0.39 is 9.84 Å². The van der Waals surface area contributed by atoms with Crippen LogP contribution in [0.2, 0.25) is 0 Å². The zero-order chi connectivity index (χ0) is 23.6. The Morgan fingerprint density at radius 1 is 1.12 bits per heavy atom. The van der Waals surface area contributed by atoms with Crippen LogP contribution in [0.1, 0.15) is 53.9 Å². The molecule has 6 nitrogen and oxygen atoms in total. The minimum Gasteiger partial charge on any atom is -0.330 e. The number of sulfone groups is 1. The van der Waals surface area contributed by atoms with E-state index >= 15 is 0 Å². The van der Waals surface area contributed by atoms with Crippen molar-refractivity contribution in [1.82, 2.24) is 14.5 Å². The third-order valence-electron chi connectivity index (χ3n) is 5.77. The van der Waals surface area contributed by atoms with E-state index in [9.17, 15) is 13.2 Å².